The zero-order valence-corrected chi connectivity index (χ0v) is 15.7. The Hall–Kier alpha value is -3.49. The molecule has 0 unspecified atom stereocenters. The van der Waals surface area contributed by atoms with E-state index in [1.807, 2.05) is 0 Å². The second kappa shape index (κ2) is 8.47. The highest BCUT2D eigenvalue weighted by atomic mass is 16.5. The maximum absolute atomic E-state index is 12.8. The molecule has 1 N–H and O–H groups in total. The number of carbonyl (C=O) groups excluding carboxylic acids is 3. The van der Waals surface area contributed by atoms with Crippen LogP contribution in [0.15, 0.2) is 30.3 Å². The second-order valence-electron chi connectivity index (χ2n) is 6.28. The van der Waals surface area contributed by atoms with Crippen molar-refractivity contribution in [3.63, 3.8) is 0 Å². The van der Waals surface area contributed by atoms with Gasteiger partial charge in [0.25, 0.3) is 5.91 Å². The first-order valence-electron chi connectivity index (χ1n) is 8.80. The van der Waals surface area contributed by atoms with Crippen LogP contribution in [0.5, 0.6) is 0 Å². The van der Waals surface area contributed by atoms with Gasteiger partial charge in [-0.05, 0) is 19.1 Å². The number of hydrogen-bond donors (Lipinski definition) is 1. The number of nitrogens with zero attached hydrogens (tertiary/aromatic N) is 4. The molecule has 1 aromatic heterocycles. The lowest BCUT2D eigenvalue weighted by molar-refractivity contribution is -0.119. The van der Waals surface area contributed by atoms with Gasteiger partial charge in [-0.15, -0.1) is 0 Å². The maximum Gasteiger partial charge on any atom is 0.339 e. The average molecular weight is 383 g/mol. The van der Waals surface area contributed by atoms with Gasteiger partial charge in [0.05, 0.1) is 18.4 Å². The highest BCUT2D eigenvalue weighted by Crippen LogP contribution is 2.21. The number of aryl methyl sites for hydroxylation is 1. The lowest BCUT2D eigenvalue weighted by atomic mass is 10.2. The van der Waals surface area contributed by atoms with E-state index in [0.29, 0.717) is 49.1 Å². The average Bonchev–Trinajstić information content (AvgIpc) is 2.72. The van der Waals surface area contributed by atoms with Crippen molar-refractivity contribution in [2.75, 3.05) is 38.6 Å². The number of nitrogens with one attached hydrogen (secondary N) is 1. The molecule has 0 radical (unpaired) electrons. The summed E-state index contributed by atoms with van der Waals surface area (Å²) in [5.74, 6) is 0.132. The molecule has 1 aliphatic rings. The van der Waals surface area contributed by atoms with E-state index >= 15 is 0 Å². The minimum absolute atomic E-state index is 0.222. The van der Waals surface area contributed by atoms with E-state index in [2.05, 4.69) is 15.3 Å². The number of rotatable bonds is 5. The second-order valence-corrected chi connectivity index (χ2v) is 6.28. The number of anilines is 2. The maximum atomic E-state index is 12.8. The van der Waals surface area contributed by atoms with Crippen molar-refractivity contribution in [3.05, 3.63) is 47.4 Å². The van der Waals surface area contributed by atoms with E-state index in [9.17, 15) is 14.4 Å². The predicted molar refractivity (Wildman–Crippen MR) is 101 cm³/mol. The van der Waals surface area contributed by atoms with Crippen LogP contribution in [0.2, 0.25) is 0 Å². The van der Waals surface area contributed by atoms with Gasteiger partial charge in [-0.25, -0.2) is 14.8 Å². The highest BCUT2D eigenvalue weighted by Gasteiger charge is 2.23. The number of aromatic nitrogens is 2. The van der Waals surface area contributed by atoms with Crippen molar-refractivity contribution >= 4 is 29.8 Å². The van der Waals surface area contributed by atoms with Gasteiger partial charge in [0.15, 0.2) is 0 Å². The summed E-state index contributed by atoms with van der Waals surface area (Å²) in [5.41, 5.74) is 1.13. The van der Waals surface area contributed by atoms with Crippen LogP contribution in [0.3, 0.4) is 0 Å². The molecule has 2 heterocycles. The van der Waals surface area contributed by atoms with E-state index in [-0.39, 0.29) is 11.6 Å². The van der Waals surface area contributed by atoms with Crippen LogP contribution in [-0.2, 0) is 9.53 Å². The Labute approximate surface area is 162 Å². The minimum Gasteiger partial charge on any atom is -0.465 e. The zero-order chi connectivity index (χ0) is 20.1. The summed E-state index contributed by atoms with van der Waals surface area (Å²) in [6.45, 7) is 3.59. The Morgan fingerprint density at radius 1 is 1.14 bits per heavy atom. The molecule has 146 valence electrons. The SMILES string of the molecule is COC(=O)c1ccccc1Nc1cc(C(=O)N2CCN(C=O)CC2)nc(C)n1. The number of hydrogen-bond acceptors (Lipinski definition) is 7. The van der Waals surface area contributed by atoms with Crippen molar-refractivity contribution in [2.24, 2.45) is 0 Å². The van der Waals surface area contributed by atoms with Crippen LogP contribution in [0.25, 0.3) is 0 Å². The number of methoxy groups -OCH3 is 1. The Morgan fingerprint density at radius 3 is 2.54 bits per heavy atom. The van der Waals surface area contributed by atoms with Crippen LogP contribution in [0.4, 0.5) is 11.5 Å². The molecule has 2 amide bonds. The van der Waals surface area contributed by atoms with E-state index in [1.54, 1.807) is 47.1 Å². The van der Waals surface area contributed by atoms with Gasteiger partial charge in [0.2, 0.25) is 6.41 Å². The normalized spacial score (nSPS) is 13.8. The number of carbonyl (C=O) groups is 3. The summed E-state index contributed by atoms with van der Waals surface area (Å²) >= 11 is 0. The largest absolute Gasteiger partial charge is 0.465 e. The first kappa shape index (κ1) is 19.3. The Balaban J connectivity index is 1.82. The first-order valence-corrected chi connectivity index (χ1v) is 8.80. The van der Waals surface area contributed by atoms with E-state index < -0.39 is 5.97 Å². The number of esters is 1. The summed E-state index contributed by atoms with van der Waals surface area (Å²) in [6.07, 6.45) is 0.789. The topological polar surface area (TPSA) is 105 Å². The lowest BCUT2D eigenvalue weighted by Gasteiger charge is -2.32. The molecule has 0 aliphatic carbocycles. The third kappa shape index (κ3) is 4.25. The standard InChI is InChI=1S/C19H21N5O4/c1-13-20-16(18(26)24-9-7-23(12-25)8-10-24)11-17(21-13)22-15-6-4-3-5-14(15)19(27)28-2/h3-6,11-12H,7-10H2,1-2H3,(H,20,21,22). The quantitative estimate of drug-likeness (QED) is 0.611. The fourth-order valence-corrected chi connectivity index (χ4v) is 2.95. The molecule has 1 fully saturated rings. The third-order valence-corrected chi connectivity index (χ3v) is 4.40. The summed E-state index contributed by atoms with van der Waals surface area (Å²) < 4.78 is 4.80. The van der Waals surface area contributed by atoms with Crippen molar-refractivity contribution in [3.8, 4) is 0 Å². The third-order valence-electron chi connectivity index (χ3n) is 4.40. The number of para-hydroxylation sites is 1. The molecule has 0 atom stereocenters. The molecule has 3 rings (SSSR count). The molecule has 9 nitrogen and oxygen atoms in total. The Bertz CT molecular complexity index is 894. The molecule has 9 heteroatoms. The molecule has 2 aromatic rings. The first-order chi connectivity index (χ1) is 13.5. The molecular weight excluding hydrogens is 362 g/mol. The summed E-state index contributed by atoms with van der Waals surface area (Å²) in [6, 6.07) is 8.43. The van der Waals surface area contributed by atoms with Crippen molar-refractivity contribution in [1.82, 2.24) is 19.8 Å². The summed E-state index contributed by atoms with van der Waals surface area (Å²) in [7, 11) is 1.31. The van der Waals surface area contributed by atoms with Crippen LogP contribution < -0.4 is 5.32 Å². The molecule has 1 aliphatic heterocycles. The van der Waals surface area contributed by atoms with Gasteiger partial charge in [0, 0.05) is 32.2 Å². The van der Waals surface area contributed by atoms with E-state index in [1.165, 1.54) is 7.11 Å². The fraction of sp³-hybridized carbons (Fsp3) is 0.316. The zero-order valence-electron chi connectivity index (χ0n) is 15.7. The van der Waals surface area contributed by atoms with Crippen molar-refractivity contribution < 1.29 is 19.1 Å². The van der Waals surface area contributed by atoms with Crippen LogP contribution in [0.1, 0.15) is 26.7 Å². The van der Waals surface area contributed by atoms with Gasteiger partial charge in [-0.3, -0.25) is 9.59 Å². The van der Waals surface area contributed by atoms with Gasteiger partial charge < -0.3 is 19.9 Å². The van der Waals surface area contributed by atoms with Gasteiger partial charge in [-0.1, -0.05) is 12.1 Å². The summed E-state index contributed by atoms with van der Waals surface area (Å²) in [4.78, 5) is 47.4. The number of ether oxygens (including phenoxy) is 1. The van der Waals surface area contributed by atoms with Gasteiger partial charge in [-0.2, -0.15) is 0 Å². The van der Waals surface area contributed by atoms with E-state index in [4.69, 9.17) is 4.74 Å². The molecular formula is C19H21N5O4. The minimum atomic E-state index is -0.474. The van der Waals surface area contributed by atoms with Crippen molar-refractivity contribution in [1.29, 1.82) is 0 Å². The van der Waals surface area contributed by atoms with Crippen LogP contribution >= 0.6 is 0 Å². The predicted octanol–water partition coefficient (Wildman–Crippen LogP) is 1.23. The van der Waals surface area contributed by atoms with E-state index in [0.717, 1.165) is 6.41 Å². The van der Waals surface area contributed by atoms with Crippen LogP contribution in [-0.4, -0.2) is 71.3 Å². The Kier molecular flexibility index (Phi) is 5.83. The lowest BCUT2D eigenvalue weighted by Crippen LogP contribution is -2.48. The number of benzene rings is 1. The number of amides is 2. The molecule has 0 bridgehead atoms. The smallest absolute Gasteiger partial charge is 0.339 e. The highest BCUT2D eigenvalue weighted by molar-refractivity contribution is 5.97. The molecule has 28 heavy (non-hydrogen) atoms. The fourth-order valence-electron chi connectivity index (χ4n) is 2.95. The molecule has 0 saturated carbocycles. The van der Waals surface area contributed by atoms with Gasteiger partial charge in [0.1, 0.15) is 17.3 Å². The van der Waals surface area contributed by atoms with Crippen molar-refractivity contribution in [2.45, 2.75) is 6.92 Å². The van der Waals surface area contributed by atoms with Gasteiger partial charge >= 0.3 is 5.97 Å². The number of piperazine rings is 1. The molecule has 1 saturated heterocycles. The Morgan fingerprint density at radius 2 is 1.86 bits per heavy atom. The molecule has 1 aromatic carbocycles. The molecule has 0 spiro atoms. The summed E-state index contributed by atoms with van der Waals surface area (Å²) in [5, 5.41) is 3.07. The monoisotopic (exact) mass is 383 g/mol. The van der Waals surface area contributed by atoms with Crippen LogP contribution in [0, 0.1) is 6.92 Å².